The molecule has 0 saturated carbocycles. The predicted octanol–water partition coefficient (Wildman–Crippen LogP) is 2.10. The molecule has 0 radical (unpaired) electrons. The fourth-order valence-corrected chi connectivity index (χ4v) is 3.83. The van der Waals surface area contributed by atoms with Gasteiger partial charge in [-0.25, -0.2) is 15.0 Å². The minimum absolute atomic E-state index is 0.227. The lowest BCUT2D eigenvalue weighted by molar-refractivity contribution is 0.0596. The molecule has 3 aromatic rings. The maximum Gasteiger partial charge on any atom is 0.256 e. The molecule has 7 nitrogen and oxygen atoms in total. The summed E-state index contributed by atoms with van der Waals surface area (Å²) in [6.07, 6.45) is 3.05. The van der Waals surface area contributed by atoms with Crippen LogP contribution in [0.5, 0.6) is 0 Å². The number of thiazole rings is 1. The Balaban J connectivity index is 1.66. The molecule has 0 bridgehead atoms. The molecule has 3 heterocycles. The molecule has 1 atom stereocenters. The highest BCUT2D eigenvalue weighted by Gasteiger charge is 2.57. The molecule has 1 aliphatic rings. The van der Waals surface area contributed by atoms with Crippen molar-refractivity contribution in [3.05, 3.63) is 57.8 Å². The van der Waals surface area contributed by atoms with E-state index in [0.29, 0.717) is 22.0 Å². The number of carbonyl (C=O) groups excluding carboxylic acids is 1. The fourth-order valence-electron chi connectivity index (χ4n) is 2.93. The Kier molecular flexibility index (Phi) is 3.74. The van der Waals surface area contributed by atoms with Crippen molar-refractivity contribution in [3.8, 4) is 11.4 Å². The summed E-state index contributed by atoms with van der Waals surface area (Å²) in [6, 6.07) is 5.46. The first-order valence-electron chi connectivity index (χ1n) is 8.03. The van der Waals surface area contributed by atoms with E-state index in [1.165, 1.54) is 28.6 Å². The van der Waals surface area contributed by atoms with Crippen LogP contribution in [0.1, 0.15) is 26.5 Å². The van der Waals surface area contributed by atoms with Crippen LogP contribution in [-0.2, 0) is 5.72 Å². The molecule has 3 N–H and O–H groups in total. The Labute approximate surface area is 154 Å². The average molecular weight is 367 g/mol. The lowest BCUT2D eigenvalue weighted by Gasteiger charge is -2.13. The van der Waals surface area contributed by atoms with Gasteiger partial charge in [0.05, 0.1) is 40.7 Å². The van der Waals surface area contributed by atoms with Gasteiger partial charge in [-0.3, -0.25) is 9.69 Å². The molecule has 1 fully saturated rings. The minimum atomic E-state index is -1.26. The summed E-state index contributed by atoms with van der Waals surface area (Å²) < 4.78 is 0. The maximum atomic E-state index is 13.0. The van der Waals surface area contributed by atoms with Gasteiger partial charge in [0.2, 0.25) is 0 Å². The minimum Gasteiger partial charge on any atom is -0.396 e. The van der Waals surface area contributed by atoms with E-state index in [1.807, 2.05) is 26.0 Å². The zero-order valence-corrected chi connectivity index (χ0v) is 15.1. The van der Waals surface area contributed by atoms with Crippen LogP contribution < -0.4 is 5.73 Å². The number of nitrogens with two attached hydrogens (primary N) is 1. The SMILES string of the molecule is Cc1ccc(-c2ncc(N)cn2)cc1C(=O)N1C[C@]1(O)c1scnc1C. The van der Waals surface area contributed by atoms with Crippen molar-refractivity contribution in [3.63, 3.8) is 0 Å². The van der Waals surface area contributed by atoms with Crippen LogP contribution in [0.25, 0.3) is 11.4 Å². The molecular formula is C18H17N5O2S. The van der Waals surface area contributed by atoms with Crippen LogP contribution in [0.4, 0.5) is 5.69 Å². The van der Waals surface area contributed by atoms with Crippen LogP contribution >= 0.6 is 11.3 Å². The van der Waals surface area contributed by atoms with Crippen LogP contribution in [0.2, 0.25) is 0 Å². The van der Waals surface area contributed by atoms with Gasteiger partial charge < -0.3 is 10.8 Å². The van der Waals surface area contributed by atoms with Gasteiger partial charge in [-0.2, -0.15) is 0 Å². The molecule has 132 valence electrons. The van der Waals surface area contributed by atoms with Gasteiger partial charge in [-0.05, 0) is 25.5 Å². The molecule has 0 spiro atoms. The summed E-state index contributed by atoms with van der Waals surface area (Å²) in [5.41, 5.74) is 9.32. The Bertz CT molecular complexity index is 1000. The monoisotopic (exact) mass is 367 g/mol. The lowest BCUT2D eigenvalue weighted by atomic mass is 10.0. The van der Waals surface area contributed by atoms with E-state index in [2.05, 4.69) is 15.0 Å². The third-order valence-electron chi connectivity index (χ3n) is 4.47. The van der Waals surface area contributed by atoms with E-state index in [-0.39, 0.29) is 12.5 Å². The summed E-state index contributed by atoms with van der Waals surface area (Å²) in [5.74, 6) is 0.266. The van der Waals surface area contributed by atoms with Crippen molar-refractivity contribution in [2.24, 2.45) is 0 Å². The van der Waals surface area contributed by atoms with Crippen molar-refractivity contribution < 1.29 is 9.90 Å². The highest BCUT2D eigenvalue weighted by Crippen LogP contribution is 2.44. The van der Waals surface area contributed by atoms with E-state index in [9.17, 15) is 9.90 Å². The van der Waals surface area contributed by atoms with E-state index >= 15 is 0 Å². The first-order chi connectivity index (χ1) is 12.4. The van der Waals surface area contributed by atoms with Gasteiger partial charge in [0.15, 0.2) is 11.5 Å². The third-order valence-corrected chi connectivity index (χ3v) is 5.54. The normalized spacial score (nSPS) is 18.8. The molecule has 1 aromatic carbocycles. The van der Waals surface area contributed by atoms with E-state index in [1.54, 1.807) is 11.6 Å². The molecule has 0 unspecified atom stereocenters. The molecule has 0 aliphatic carbocycles. The van der Waals surface area contributed by atoms with Gasteiger partial charge in [0, 0.05) is 11.1 Å². The van der Waals surface area contributed by atoms with Gasteiger partial charge in [0.25, 0.3) is 5.91 Å². The number of carbonyl (C=O) groups is 1. The highest BCUT2D eigenvalue weighted by atomic mass is 32.1. The molecule has 1 aliphatic heterocycles. The second kappa shape index (κ2) is 5.86. The van der Waals surface area contributed by atoms with Crippen molar-refractivity contribution >= 4 is 22.9 Å². The number of β-amino-alcohol motifs (C(OH)–C–C–N with tert-alkyl or cyclic N) is 1. The number of nitrogen functional groups attached to an aromatic ring is 1. The summed E-state index contributed by atoms with van der Waals surface area (Å²) in [4.78, 5) is 27.7. The van der Waals surface area contributed by atoms with E-state index in [0.717, 1.165) is 16.8 Å². The number of aryl methyl sites for hydroxylation is 2. The molecule has 1 saturated heterocycles. The number of rotatable bonds is 3. The largest absolute Gasteiger partial charge is 0.396 e. The second-order valence-electron chi connectivity index (χ2n) is 6.34. The number of amides is 1. The third kappa shape index (κ3) is 2.63. The number of hydrogen-bond acceptors (Lipinski definition) is 7. The molecule has 4 rings (SSSR count). The van der Waals surface area contributed by atoms with Crippen LogP contribution in [0.3, 0.4) is 0 Å². The first kappa shape index (κ1) is 16.6. The molecule has 2 aromatic heterocycles. The van der Waals surface area contributed by atoms with Gasteiger partial charge in [-0.1, -0.05) is 12.1 Å². The van der Waals surface area contributed by atoms with E-state index < -0.39 is 5.72 Å². The van der Waals surface area contributed by atoms with Crippen molar-refractivity contribution in [2.45, 2.75) is 19.6 Å². The quantitative estimate of drug-likeness (QED) is 0.687. The second-order valence-corrected chi connectivity index (χ2v) is 7.20. The van der Waals surface area contributed by atoms with Crippen LogP contribution in [0.15, 0.2) is 36.1 Å². The topological polar surface area (TPSA) is 105 Å². The van der Waals surface area contributed by atoms with Gasteiger partial charge in [0.1, 0.15) is 0 Å². The average Bonchev–Trinajstić information content (AvgIpc) is 3.12. The lowest BCUT2D eigenvalue weighted by Crippen LogP contribution is -2.22. The molecule has 8 heteroatoms. The fraction of sp³-hybridized carbons (Fsp3) is 0.222. The number of aliphatic hydroxyl groups is 1. The summed E-state index contributed by atoms with van der Waals surface area (Å²) in [5, 5.41) is 10.8. The maximum absolute atomic E-state index is 13.0. The number of anilines is 1. The first-order valence-corrected chi connectivity index (χ1v) is 8.91. The zero-order valence-electron chi connectivity index (χ0n) is 14.3. The number of hydrogen-bond donors (Lipinski definition) is 2. The Morgan fingerprint density at radius 2 is 2.00 bits per heavy atom. The van der Waals surface area contributed by atoms with Crippen molar-refractivity contribution in [1.29, 1.82) is 0 Å². The van der Waals surface area contributed by atoms with Crippen LogP contribution in [-0.4, -0.2) is 37.4 Å². The smallest absolute Gasteiger partial charge is 0.256 e. The zero-order chi connectivity index (χ0) is 18.5. The van der Waals surface area contributed by atoms with Crippen molar-refractivity contribution in [2.75, 3.05) is 12.3 Å². The number of benzene rings is 1. The Morgan fingerprint density at radius 1 is 1.27 bits per heavy atom. The van der Waals surface area contributed by atoms with Crippen molar-refractivity contribution in [1.82, 2.24) is 19.9 Å². The predicted molar refractivity (Wildman–Crippen MR) is 98.4 cm³/mol. The summed E-state index contributed by atoms with van der Waals surface area (Å²) >= 11 is 1.35. The van der Waals surface area contributed by atoms with E-state index in [4.69, 9.17) is 5.73 Å². The van der Waals surface area contributed by atoms with Gasteiger partial charge >= 0.3 is 0 Å². The standard InChI is InChI=1S/C18H17N5O2S/c1-10-3-4-12(16-20-6-13(19)7-21-16)5-14(10)17(24)23-8-18(23,25)15-11(2)22-9-26-15/h3-7,9,25H,8,19H2,1-2H3/t18-,23?/m0/s1. The number of nitrogens with zero attached hydrogens (tertiary/aromatic N) is 4. The Morgan fingerprint density at radius 3 is 2.65 bits per heavy atom. The van der Waals surface area contributed by atoms with Gasteiger partial charge in [-0.15, -0.1) is 11.3 Å². The summed E-state index contributed by atoms with van der Waals surface area (Å²) in [6.45, 7) is 3.95. The molecular weight excluding hydrogens is 350 g/mol. The molecule has 26 heavy (non-hydrogen) atoms. The highest BCUT2D eigenvalue weighted by molar-refractivity contribution is 7.10. The Hall–Kier alpha value is -2.84. The number of aromatic nitrogens is 3. The summed E-state index contributed by atoms with van der Waals surface area (Å²) in [7, 11) is 0. The molecule has 1 amide bonds. The van der Waals surface area contributed by atoms with Crippen LogP contribution in [0, 0.1) is 13.8 Å².